The molecule has 0 saturated carbocycles. The molecule has 4 nitrogen and oxygen atoms in total. The summed E-state index contributed by atoms with van der Waals surface area (Å²) >= 11 is 0. The molecule has 75 heavy (non-hydrogen) atoms. The Morgan fingerprint density at radius 1 is 0.280 bits per heavy atom. The lowest BCUT2D eigenvalue weighted by atomic mass is 9.81. The zero-order chi connectivity index (χ0) is 51.1. The van der Waals surface area contributed by atoms with Crippen molar-refractivity contribution in [2.45, 2.75) is 57.8 Å². The summed E-state index contributed by atoms with van der Waals surface area (Å²) in [5.74, 6) is 1.79. The van der Waals surface area contributed by atoms with Gasteiger partial charge in [0.15, 0.2) is 0 Å². The maximum Gasteiger partial charge on any atom is 0.137 e. The topological polar surface area (TPSA) is 32.3 Å². The van der Waals surface area contributed by atoms with Gasteiger partial charge in [-0.1, -0.05) is 199 Å². The molecule has 0 atom stereocenters. The highest BCUT2D eigenvalue weighted by Gasteiger charge is 2.39. The second-order valence-corrected chi connectivity index (χ2v) is 21.9. The molecule has 0 saturated heterocycles. The minimum atomic E-state index is -0.183. The Hall–Kier alpha value is -8.86. The van der Waals surface area contributed by atoms with Crippen LogP contribution in [0.25, 0.3) is 57.7 Å². The summed E-state index contributed by atoms with van der Waals surface area (Å²) in [5.41, 5.74) is 24.6. The van der Waals surface area contributed by atoms with E-state index in [1.54, 1.807) is 0 Å². The summed E-state index contributed by atoms with van der Waals surface area (Å²) in [6.07, 6.45) is 12.8. The average Bonchev–Trinajstić information content (AvgIpc) is 4.05. The Morgan fingerprint density at radius 3 is 0.853 bits per heavy atom. The molecule has 0 spiro atoms. The highest BCUT2D eigenvalue weighted by atomic mass is 15.2. The fourth-order valence-electron chi connectivity index (χ4n) is 12.3. The molecule has 2 heterocycles. The zero-order valence-electron chi connectivity index (χ0n) is 43.4. The SMILES string of the molecule is CC1(C)c2cc(C=Cc3ccc4c(c3)C(C)(C)c3cc(N(c5ccccc5)c5ccccn5)ccc3-4)ccc2-c2ccc(C=Cc3ccc4c(c3)C(C)(C)c3cc(N(c5ccccc5)c5ccccn5)ccc3-4)cc21. The first-order valence-corrected chi connectivity index (χ1v) is 26.2. The van der Waals surface area contributed by atoms with Gasteiger partial charge in [-0.25, -0.2) is 9.97 Å². The van der Waals surface area contributed by atoms with Crippen LogP contribution in [-0.4, -0.2) is 9.97 Å². The molecule has 0 unspecified atom stereocenters. The molecule has 362 valence electrons. The van der Waals surface area contributed by atoms with Gasteiger partial charge in [-0.3, -0.25) is 9.80 Å². The van der Waals surface area contributed by atoms with Crippen molar-refractivity contribution in [1.29, 1.82) is 0 Å². The van der Waals surface area contributed by atoms with Gasteiger partial charge in [0.1, 0.15) is 11.6 Å². The summed E-state index contributed by atoms with van der Waals surface area (Å²) in [6.45, 7) is 14.2. The third kappa shape index (κ3) is 7.74. The van der Waals surface area contributed by atoms with Gasteiger partial charge in [0.25, 0.3) is 0 Å². The monoisotopic (exact) mass is 966 g/mol. The number of pyridine rings is 2. The maximum absolute atomic E-state index is 4.76. The van der Waals surface area contributed by atoms with Crippen LogP contribution in [-0.2, 0) is 16.2 Å². The Kier molecular flexibility index (Phi) is 10.8. The van der Waals surface area contributed by atoms with Crippen LogP contribution >= 0.6 is 0 Å². The standard InChI is InChI=1S/C71H58N4/c1-69(2)61-41-47(23-25-49-29-35-57-59-37-31-53(45-65(59)70(3,4)63(57)43-49)74(51-17-9-7-10-18-51)67-21-13-15-39-72-67)27-33-55(61)56-34-28-48(42-62(56)69)24-26-50-30-36-58-60-38-32-54(46-66(60)71(5,6)64(58)44-50)75(52-19-11-8-12-20-52)68-22-14-16-40-73-68/h7-46H,1-6H3. The zero-order valence-corrected chi connectivity index (χ0v) is 43.4. The van der Waals surface area contributed by atoms with E-state index >= 15 is 0 Å². The summed E-state index contributed by atoms with van der Waals surface area (Å²) in [4.78, 5) is 14.0. The van der Waals surface area contributed by atoms with Gasteiger partial charge in [-0.15, -0.1) is 0 Å². The lowest BCUT2D eigenvalue weighted by Gasteiger charge is -2.27. The van der Waals surface area contributed by atoms with Crippen LogP contribution in [0, 0.1) is 0 Å². The number of nitrogens with zero attached hydrogens (tertiary/aromatic N) is 4. The van der Waals surface area contributed by atoms with Crippen molar-refractivity contribution in [3.8, 4) is 33.4 Å². The summed E-state index contributed by atoms with van der Waals surface area (Å²) in [5, 5.41) is 0. The fraction of sp³-hybridized carbons (Fsp3) is 0.127. The molecule has 4 heteroatoms. The average molecular weight is 967 g/mol. The van der Waals surface area contributed by atoms with E-state index in [1.165, 1.54) is 89.0 Å². The van der Waals surface area contributed by atoms with Crippen molar-refractivity contribution >= 4 is 58.7 Å². The molecular weight excluding hydrogens is 909 g/mol. The molecule has 8 aromatic carbocycles. The maximum atomic E-state index is 4.76. The lowest BCUT2D eigenvalue weighted by molar-refractivity contribution is 0.660. The number of aromatic nitrogens is 2. The van der Waals surface area contributed by atoms with E-state index in [2.05, 4.69) is 258 Å². The Bertz CT molecular complexity index is 3570. The van der Waals surface area contributed by atoms with Crippen LogP contribution in [0.15, 0.2) is 219 Å². The molecule has 0 N–H and O–H groups in total. The molecule has 0 aliphatic heterocycles. The number of hydrogen-bond donors (Lipinski definition) is 0. The highest BCUT2D eigenvalue weighted by molar-refractivity contribution is 5.90. The molecule has 3 aliphatic carbocycles. The van der Waals surface area contributed by atoms with Crippen LogP contribution < -0.4 is 9.80 Å². The summed E-state index contributed by atoms with van der Waals surface area (Å²) < 4.78 is 0. The van der Waals surface area contributed by atoms with Crippen LogP contribution in [0.3, 0.4) is 0 Å². The van der Waals surface area contributed by atoms with Gasteiger partial charge >= 0.3 is 0 Å². The van der Waals surface area contributed by atoms with E-state index in [9.17, 15) is 0 Å². The van der Waals surface area contributed by atoms with Crippen molar-refractivity contribution in [2.75, 3.05) is 9.80 Å². The lowest BCUT2D eigenvalue weighted by Crippen LogP contribution is -2.17. The predicted molar refractivity (Wildman–Crippen MR) is 315 cm³/mol. The van der Waals surface area contributed by atoms with Crippen LogP contribution in [0.1, 0.15) is 97.2 Å². The van der Waals surface area contributed by atoms with Crippen molar-refractivity contribution < 1.29 is 0 Å². The normalized spacial score (nSPS) is 14.7. The van der Waals surface area contributed by atoms with Crippen molar-refractivity contribution in [1.82, 2.24) is 9.97 Å². The Balaban J connectivity index is 0.731. The molecule has 13 rings (SSSR count). The van der Waals surface area contributed by atoms with Crippen molar-refractivity contribution in [2.24, 2.45) is 0 Å². The number of benzene rings is 8. The number of anilines is 6. The minimum absolute atomic E-state index is 0.151. The van der Waals surface area contributed by atoms with Gasteiger partial charge in [-0.2, -0.15) is 0 Å². The number of hydrogen-bond acceptors (Lipinski definition) is 4. The second kappa shape index (κ2) is 17.7. The van der Waals surface area contributed by atoms with Crippen LogP contribution in [0.5, 0.6) is 0 Å². The minimum Gasteiger partial charge on any atom is -0.295 e. The van der Waals surface area contributed by atoms with Gasteiger partial charge in [-0.05, 0) is 162 Å². The van der Waals surface area contributed by atoms with E-state index in [-0.39, 0.29) is 16.2 Å². The van der Waals surface area contributed by atoms with Crippen LogP contribution in [0.4, 0.5) is 34.4 Å². The Labute approximate surface area is 441 Å². The van der Waals surface area contributed by atoms with Gasteiger partial charge in [0.2, 0.25) is 0 Å². The van der Waals surface area contributed by atoms with E-state index < -0.39 is 0 Å². The number of para-hydroxylation sites is 2. The van der Waals surface area contributed by atoms with Gasteiger partial charge < -0.3 is 0 Å². The first-order valence-electron chi connectivity index (χ1n) is 26.2. The quantitative estimate of drug-likeness (QED) is 0.128. The van der Waals surface area contributed by atoms with Crippen molar-refractivity contribution in [3.63, 3.8) is 0 Å². The number of fused-ring (bicyclic) bond motifs is 9. The summed E-state index contributed by atoms with van der Waals surface area (Å²) in [6, 6.07) is 75.0. The smallest absolute Gasteiger partial charge is 0.137 e. The third-order valence-electron chi connectivity index (χ3n) is 16.3. The molecular formula is C71H58N4. The second-order valence-electron chi connectivity index (χ2n) is 21.9. The molecule has 0 radical (unpaired) electrons. The first-order chi connectivity index (χ1) is 36.4. The molecule has 0 amide bonds. The molecule has 0 bridgehead atoms. The number of rotatable bonds is 10. The molecule has 3 aliphatic rings. The Morgan fingerprint density at radius 2 is 0.560 bits per heavy atom. The fourth-order valence-corrected chi connectivity index (χ4v) is 12.3. The van der Waals surface area contributed by atoms with Gasteiger partial charge in [0, 0.05) is 51.4 Å². The highest BCUT2D eigenvalue weighted by Crippen LogP contribution is 2.54. The van der Waals surface area contributed by atoms with Gasteiger partial charge in [0.05, 0.1) is 0 Å². The van der Waals surface area contributed by atoms with E-state index in [1.807, 2.05) is 36.7 Å². The van der Waals surface area contributed by atoms with E-state index in [4.69, 9.17) is 9.97 Å². The van der Waals surface area contributed by atoms with E-state index in [0.717, 1.165) is 34.4 Å². The summed E-state index contributed by atoms with van der Waals surface area (Å²) in [7, 11) is 0. The van der Waals surface area contributed by atoms with E-state index in [0.29, 0.717) is 0 Å². The first kappa shape index (κ1) is 46.0. The predicted octanol–water partition coefficient (Wildman–Crippen LogP) is 18.7. The molecule has 10 aromatic rings. The third-order valence-corrected chi connectivity index (χ3v) is 16.3. The molecule has 2 aromatic heterocycles. The largest absolute Gasteiger partial charge is 0.295 e. The van der Waals surface area contributed by atoms with Crippen molar-refractivity contribution in [3.05, 3.63) is 274 Å². The molecule has 0 fully saturated rings. The van der Waals surface area contributed by atoms with Crippen LogP contribution in [0.2, 0.25) is 0 Å².